The van der Waals surface area contributed by atoms with Crippen molar-refractivity contribution in [1.29, 1.82) is 0 Å². The highest BCUT2D eigenvalue weighted by Crippen LogP contribution is 2.42. The quantitative estimate of drug-likeness (QED) is 0.772. The van der Waals surface area contributed by atoms with Gasteiger partial charge in [-0.05, 0) is 49.6 Å². The van der Waals surface area contributed by atoms with Crippen molar-refractivity contribution in [1.82, 2.24) is 4.90 Å². The Labute approximate surface area is 107 Å². The fourth-order valence-corrected chi connectivity index (χ4v) is 3.53. The summed E-state index contributed by atoms with van der Waals surface area (Å²) in [7, 11) is 0. The maximum absolute atomic E-state index is 8.97. The van der Waals surface area contributed by atoms with E-state index in [4.69, 9.17) is 5.11 Å². The lowest BCUT2D eigenvalue weighted by molar-refractivity contribution is 0.0600. The number of β-amino-alcohol motifs (C(OH)–C–C–N with tert-alkyl or cyclic N) is 1. The first-order valence-corrected chi connectivity index (χ1v) is 7.35. The maximum Gasteiger partial charge on any atom is 0.0558 e. The van der Waals surface area contributed by atoms with Crippen molar-refractivity contribution in [2.45, 2.75) is 53.4 Å². The number of likely N-dealkylation sites (tertiary alicyclic amines) is 1. The highest BCUT2D eigenvalue weighted by atomic mass is 16.3. The Morgan fingerprint density at radius 2 is 1.88 bits per heavy atom. The van der Waals surface area contributed by atoms with Crippen molar-refractivity contribution in [3.63, 3.8) is 0 Å². The van der Waals surface area contributed by atoms with Gasteiger partial charge in [0.15, 0.2) is 0 Å². The van der Waals surface area contributed by atoms with Gasteiger partial charge < -0.3 is 10.0 Å². The number of aliphatic hydroxyl groups excluding tert-OH is 1. The second-order valence-electron chi connectivity index (χ2n) is 6.45. The minimum absolute atomic E-state index is 0.307. The summed E-state index contributed by atoms with van der Waals surface area (Å²) in [5, 5.41) is 8.97. The molecule has 1 atom stereocenters. The Morgan fingerprint density at radius 3 is 2.29 bits per heavy atom. The summed E-state index contributed by atoms with van der Waals surface area (Å²) in [6.45, 7) is 13.0. The van der Waals surface area contributed by atoms with E-state index >= 15 is 0 Å². The van der Waals surface area contributed by atoms with Gasteiger partial charge >= 0.3 is 0 Å². The van der Waals surface area contributed by atoms with Crippen molar-refractivity contribution in [3.8, 4) is 0 Å². The largest absolute Gasteiger partial charge is 0.395 e. The third kappa shape index (κ3) is 4.26. The van der Waals surface area contributed by atoms with E-state index in [9.17, 15) is 0 Å². The Morgan fingerprint density at radius 1 is 1.29 bits per heavy atom. The number of hydrogen-bond acceptors (Lipinski definition) is 2. The third-order valence-corrected chi connectivity index (χ3v) is 4.67. The molecule has 102 valence electrons. The van der Waals surface area contributed by atoms with Gasteiger partial charge in [0.2, 0.25) is 0 Å². The van der Waals surface area contributed by atoms with Crippen LogP contribution in [0.5, 0.6) is 0 Å². The standard InChI is InChI=1S/C15H31NO/c1-5-15(4,12-13(2)3)14-6-8-16(9-7-14)10-11-17/h13-14,17H,5-12H2,1-4H3. The molecule has 1 aliphatic rings. The fraction of sp³-hybridized carbons (Fsp3) is 1.00. The summed E-state index contributed by atoms with van der Waals surface area (Å²) in [4.78, 5) is 2.40. The van der Waals surface area contributed by atoms with E-state index in [0.717, 1.165) is 18.4 Å². The van der Waals surface area contributed by atoms with E-state index < -0.39 is 0 Å². The molecule has 2 nitrogen and oxygen atoms in total. The number of rotatable bonds is 6. The molecule has 1 aliphatic heterocycles. The van der Waals surface area contributed by atoms with Crippen LogP contribution in [-0.4, -0.2) is 36.2 Å². The van der Waals surface area contributed by atoms with Crippen molar-refractivity contribution in [2.24, 2.45) is 17.3 Å². The summed E-state index contributed by atoms with van der Waals surface area (Å²) in [6, 6.07) is 0. The molecule has 1 rings (SSSR count). The maximum atomic E-state index is 8.97. The molecule has 0 spiro atoms. The van der Waals surface area contributed by atoms with E-state index in [2.05, 4.69) is 32.6 Å². The Bertz CT molecular complexity index is 209. The lowest BCUT2D eigenvalue weighted by Crippen LogP contribution is -2.41. The van der Waals surface area contributed by atoms with Crippen LogP contribution in [0.15, 0.2) is 0 Å². The van der Waals surface area contributed by atoms with Crippen LogP contribution in [0.4, 0.5) is 0 Å². The summed E-state index contributed by atoms with van der Waals surface area (Å²) >= 11 is 0. The van der Waals surface area contributed by atoms with E-state index in [1.54, 1.807) is 0 Å². The van der Waals surface area contributed by atoms with Crippen LogP contribution in [0.25, 0.3) is 0 Å². The van der Waals surface area contributed by atoms with E-state index in [-0.39, 0.29) is 0 Å². The zero-order valence-corrected chi connectivity index (χ0v) is 12.2. The number of hydrogen-bond donors (Lipinski definition) is 1. The molecule has 0 aromatic heterocycles. The smallest absolute Gasteiger partial charge is 0.0558 e. The number of nitrogens with zero attached hydrogens (tertiary/aromatic N) is 1. The fourth-order valence-electron chi connectivity index (χ4n) is 3.53. The zero-order chi connectivity index (χ0) is 12.9. The first-order chi connectivity index (χ1) is 8.01. The normalized spacial score (nSPS) is 22.9. The molecule has 1 N–H and O–H groups in total. The van der Waals surface area contributed by atoms with Crippen LogP contribution in [-0.2, 0) is 0 Å². The molecule has 2 heteroatoms. The first kappa shape index (κ1) is 15.0. The van der Waals surface area contributed by atoms with Gasteiger partial charge in [-0.3, -0.25) is 0 Å². The monoisotopic (exact) mass is 241 g/mol. The molecule has 0 aromatic rings. The van der Waals surface area contributed by atoms with E-state index in [1.807, 2.05) is 0 Å². The minimum Gasteiger partial charge on any atom is -0.395 e. The molecule has 1 fully saturated rings. The van der Waals surface area contributed by atoms with Crippen molar-refractivity contribution >= 4 is 0 Å². The van der Waals surface area contributed by atoms with Gasteiger partial charge in [-0.15, -0.1) is 0 Å². The predicted molar refractivity (Wildman–Crippen MR) is 74.1 cm³/mol. The molecule has 0 amide bonds. The Balaban J connectivity index is 2.49. The molecule has 1 heterocycles. The Kier molecular flexibility index (Phi) is 5.94. The molecule has 0 bridgehead atoms. The molecular formula is C15H31NO. The van der Waals surface area contributed by atoms with Gasteiger partial charge in [0.05, 0.1) is 6.61 Å². The van der Waals surface area contributed by atoms with Gasteiger partial charge in [-0.1, -0.05) is 34.1 Å². The van der Waals surface area contributed by atoms with Crippen LogP contribution in [0, 0.1) is 17.3 Å². The van der Waals surface area contributed by atoms with Crippen molar-refractivity contribution < 1.29 is 5.11 Å². The molecular weight excluding hydrogens is 210 g/mol. The molecule has 0 aliphatic carbocycles. The summed E-state index contributed by atoms with van der Waals surface area (Å²) in [5.74, 6) is 1.68. The van der Waals surface area contributed by atoms with Gasteiger partial charge in [0.1, 0.15) is 0 Å². The van der Waals surface area contributed by atoms with Gasteiger partial charge in [-0.2, -0.15) is 0 Å². The Hall–Kier alpha value is -0.0800. The van der Waals surface area contributed by atoms with E-state index in [1.165, 1.54) is 38.8 Å². The number of piperidine rings is 1. The average molecular weight is 241 g/mol. The number of aliphatic hydroxyl groups is 1. The average Bonchev–Trinajstić information content (AvgIpc) is 2.29. The molecule has 0 aromatic carbocycles. The highest BCUT2D eigenvalue weighted by molar-refractivity contribution is 4.86. The van der Waals surface area contributed by atoms with Crippen LogP contribution in [0.2, 0.25) is 0 Å². The summed E-state index contributed by atoms with van der Waals surface area (Å²) in [5.41, 5.74) is 0.527. The summed E-state index contributed by atoms with van der Waals surface area (Å²) < 4.78 is 0. The van der Waals surface area contributed by atoms with Crippen LogP contribution in [0.3, 0.4) is 0 Å². The first-order valence-electron chi connectivity index (χ1n) is 7.35. The topological polar surface area (TPSA) is 23.5 Å². The summed E-state index contributed by atoms with van der Waals surface area (Å²) in [6.07, 6.45) is 5.29. The van der Waals surface area contributed by atoms with Crippen molar-refractivity contribution in [3.05, 3.63) is 0 Å². The van der Waals surface area contributed by atoms with Crippen LogP contribution in [0.1, 0.15) is 53.4 Å². The third-order valence-electron chi connectivity index (χ3n) is 4.67. The van der Waals surface area contributed by atoms with Crippen LogP contribution < -0.4 is 0 Å². The molecule has 1 saturated heterocycles. The lowest BCUT2D eigenvalue weighted by atomic mass is 9.66. The molecule has 0 saturated carbocycles. The van der Waals surface area contributed by atoms with Crippen LogP contribution >= 0.6 is 0 Å². The minimum atomic E-state index is 0.307. The van der Waals surface area contributed by atoms with Gasteiger partial charge in [0.25, 0.3) is 0 Å². The van der Waals surface area contributed by atoms with Crippen molar-refractivity contribution in [2.75, 3.05) is 26.2 Å². The lowest BCUT2D eigenvalue weighted by Gasteiger charge is -2.43. The SMILES string of the molecule is CCC(C)(CC(C)C)C1CCN(CCO)CC1. The zero-order valence-electron chi connectivity index (χ0n) is 12.2. The second kappa shape index (κ2) is 6.75. The second-order valence-corrected chi connectivity index (χ2v) is 6.45. The molecule has 17 heavy (non-hydrogen) atoms. The predicted octanol–water partition coefficient (Wildman–Crippen LogP) is 3.15. The molecule has 1 unspecified atom stereocenters. The highest BCUT2D eigenvalue weighted by Gasteiger charge is 2.35. The van der Waals surface area contributed by atoms with Gasteiger partial charge in [0, 0.05) is 6.54 Å². The molecule has 0 radical (unpaired) electrons. The van der Waals surface area contributed by atoms with E-state index in [0.29, 0.717) is 12.0 Å². The van der Waals surface area contributed by atoms with Gasteiger partial charge in [-0.25, -0.2) is 0 Å².